The van der Waals surface area contributed by atoms with E-state index in [2.05, 4.69) is 103 Å². The molecule has 0 fully saturated rings. The zero-order valence-corrected chi connectivity index (χ0v) is 25.3. The fourth-order valence-corrected chi connectivity index (χ4v) is 6.50. The summed E-state index contributed by atoms with van der Waals surface area (Å²) in [4.78, 5) is 15.1. The molecule has 4 nitrogen and oxygen atoms in total. The van der Waals surface area contributed by atoms with Gasteiger partial charge in [0.05, 0.1) is 0 Å². The minimum atomic E-state index is 0.602. The Morgan fingerprint density at radius 2 is 0.851 bits per heavy atom. The summed E-state index contributed by atoms with van der Waals surface area (Å²) in [5.41, 5.74) is 8.91. The molecule has 4 heteroatoms. The van der Waals surface area contributed by atoms with Gasteiger partial charge in [0, 0.05) is 33.0 Å². The second-order valence-corrected chi connectivity index (χ2v) is 11.6. The highest BCUT2D eigenvalue weighted by atomic mass is 16.3. The van der Waals surface area contributed by atoms with Crippen LogP contribution in [-0.4, -0.2) is 15.0 Å². The van der Waals surface area contributed by atoms with Gasteiger partial charge in [-0.3, -0.25) is 0 Å². The summed E-state index contributed by atoms with van der Waals surface area (Å²) in [6, 6.07) is 56.3. The Morgan fingerprint density at radius 3 is 1.64 bits per heavy atom. The van der Waals surface area contributed by atoms with Crippen molar-refractivity contribution in [3.05, 3.63) is 164 Å². The van der Waals surface area contributed by atoms with Crippen molar-refractivity contribution in [2.24, 2.45) is 0 Å². The number of furan rings is 1. The van der Waals surface area contributed by atoms with Gasteiger partial charge in [0.2, 0.25) is 0 Å². The smallest absolute Gasteiger partial charge is 0.164 e. The van der Waals surface area contributed by atoms with Gasteiger partial charge in [-0.2, -0.15) is 0 Å². The van der Waals surface area contributed by atoms with Crippen LogP contribution >= 0.6 is 0 Å². The molecule has 0 aliphatic rings. The summed E-state index contributed by atoms with van der Waals surface area (Å²) >= 11 is 0. The van der Waals surface area contributed by atoms with Crippen LogP contribution in [0.1, 0.15) is 0 Å². The molecule has 0 aliphatic heterocycles. The van der Waals surface area contributed by atoms with Gasteiger partial charge in [0.1, 0.15) is 11.2 Å². The first-order valence-electron chi connectivity index (χ1n) is 15.7. The molecule has 0 atom stereocenters. The summed E-state index contributed by atoms with van der Waals surface area (Å²) in [7, 11) is 0. The molecule has 9 rings (SSSR count). The molecule has 2 aromatic heterocycles. The van der Waals surface area contributed by atoms with Crippen molar-refractivity contribution in [2.75, 3.05) is 0 Å². The molecule has 0 saturated carbocycles. The molecule has 47 heavy (non-hydrogen) atoms. The first kappa shape index (κ1) is 27.0. The molecule has 0 unspecified atom stereocenters. The summed E-state index contributed by atoms with van der Waals surface area (Å²) in [6.45, 7) is 0. The summed E-state index contributed by atoms with van der Waals surface area (Å²) in [5, 5.41) is 4.47. The maximum Gasteiger partial charge on any atom is 0.164 e. The Bertz CT molecular complexity index is 2550. The third kappa shape index (κ3) is 4.75. The predicted octanol–water partition coefficient (Wildman–Crippen LogP) is 11.3. The zero-order valence-electron chi connectivity index (χ0n) is 25.3. The highest BCUT2D eigenvalue weighted by Crippen LogP contribution is 2.40. The molecular formula is C43H27N3O. The normalized spacial score (nSPS) is 11.4. The fraction of sp³-hybridized carbons (Fsp3) is 0. The van der Waals surface area contributed by atoms with E-state index in [0.717, 1.165) is 55.3 Å². The van der Waals surface area contributed by atoms with E-state index in [1.807, 2.05) is 60.7 Å². The maximum atomic E-state index is 6.54. The van der Waals surface area contributed by atoms with Crippen molar-refractivity contribution in [2.45, 2.75) is 0 Å². The minimum Gasteiger partial charge on any atom is -0.455 e. The van der Waals surface area contributed by atoms with Crippen LogP contribution in [0.4, 0.5) is 0 Å². The molecule has 0 spiro atoms. The maximum absolute atomic E-state index is 6.54. The molecule has 2 heterocycles. The van der Waals surface area contributed by atoms with Crippen LogP contribution in [0, 0.1) is 0 Å². The molecule has 0 aliphatic carbocycles. The number of nitrogens with zero attached hydrogens (tertiary/aromatic N) is 3. The molecule has 9 aromatic rings. The lowest BCUT2D eigenvalue weighted by Crippen LogP contribution is -2.00. The van der Waals surface area contributed by atoms with Crippen molar-refractivity contribution < 1.29 is 4.42 Å². The number of fused-ring (bicyclic) bond motifs is 4. The van der Waals surface area contributed by atoms with E-state index < -0.39 is 0 Å². The molecule has 220 valence electrons. The highest BCUT2D eigenvalue weighted by molar-refractivity contribution is 6.15. The molecular weight excluding hydrogens is 574 g/mol. The Labute approximate surface area is 271 Å². The number of hydrogen-bond donors (Lipinski definition) is 0. The fourth-order valence-electron chi connectivity index (χ4n) is 6.50. The van der Waals surface area contributed by atoms with Gasteiger partial charge in [-0.15, -0.1) is 0 Å². The SMILES string of the molecule is c1ccc(-c2nc(-c3ccc(-c4cccc5ccccc45)cc3)nc(-c3cccc4oc5c(-c6ccccc6)cccc5c34)n2)cc1. The lowest BCUT2D eigenvalue weighted by molar-refractivity contribution is 0.670. The van der Waals surface area contributed by atoms with Crippen LogP contribution in [0.3, 0.4) is 0 Å². The van der Waals surface area contributed by atoms with E-state index in [-0.39, 0.29) is 0 Å². The molecule has 0 amide bonds. The average molecular weight is 602 g/mol. The topological polar surface area (TPSA) is 51.8 Å². The van der Waals surface area contributed by atoms with E-state index in [1.54, 1.807) is 0 Å². The second-order valence-electron chi connectivity index (χ2n) is 11.6. The van der Waals surface area contributed by atoms with E-state index in [4.69, 9.17) is 19.4 Å². The predicted molar refractivity (Wildman–Crippen MR) is 192 cm³/mol. The Hall–Kier alpha value is -6.39. The van der Waals surface area contributed by atoms with Gasteiger partial charge in [-0.25, -0.2) is 15.0 Å². The Morgan fingerprint density at radius 1 is 0.340 bits per heavy atom. The van der Waals surface area contributed by atoms with Crippen molar-refractivity contribution >= 4 is 32.7 Å². The minimum absolute atomic E-state index is 0.602. The number of hydrogen-bond acceptors (Lipinski definition) is 4. The van der Waals surface area contributed by atoms with Gasteiger partial charge < -0.3 is 4.42 Å². The van der Waals surface area contributed by atoms with E-state index in [0.29, 0.717) is 17.5 Å². The largest absolute Gasteiger partial charge is 0.455 e. The molecule has 0 bridgehead atoms. The van der Waals surface area contributed by atoms with Gasteiger partial charge in [-0.1, -0.05) is 158 Å². The first-order chi connectivity index (χ1) is 23.3. The van der Waals surface area contributed by atoms with Crippen molar-refractivity contribution in [3.8, 4) is 56.4 Å². The second kappa shape index (κ2) is 11.2. The average Bonchev–Trinajstić information content (AvgIpc) is 3.54. The summed E-state index contributed by atoms with van der Waals surface area (Å²) in [6.07, 6.45) is 0. The van der Waals surface area contributed by atoms with Crippen LogP contribution in [-0.2, 0) is 0 Å². The monoisotopic (exact) mass is 601 g/mol. The van der Waals surface area contributed by atoms with Crippen molar-refractivity contribution in [1.82, 2.24) is 15.0 Å². The standard InChI is InChI=1S/C43H27N3O/c1-3-12-29(13-4-1)35-20-10-21-36-39-37(22-11-23-38(39)47-40(35)36)43-45-41(31-15-5-2-6-16-31)44-42(46-43)32-26-24-30(25-27-32)34-19-9-17-28-14-7-8-18-33(28)34/h1-27H. The van der Waals surface area contributed by atoms with E-state index in [9.17, 15) is 0 Å². The number of aromatic nitrogens is 3. The van der Waals surface area contributed by atoms with Gasteiger partial charge in [0.15, 0.2) is 17.5 Å². The third-order valence-electron chi connectivity index (χ3n) is 8.76. The number of para-hydroxylation sites is 1. The third-order valence-corrected chi connectivity index (χ3v) is 8.76. The molecule has 0 saturated heterocycles. The van der Waals surface area contributed by atoms with E-state index >= 15 is 0 Å². The Kier molecular flexibility index (Phi) is 6.43. The van der Waals surface area contributed by atoms with Crippen LogP contribution in [0.15, 0.2) is 168 Å². The zero-order chi connectivity index (χ0) is 31.2. The van der Waals surface area contributed by atoms with Crippen LogP contribution in [0.5, 0.6) is 0 Å². The first-order valence-corrected chi connectivity index (χ1v) is 15.7. The quantitative estimate of drug-likeness (QED) is 0.197. The Balaban J connectivity index is 1.22. The highest BCUT2D eigenvalue weighted by Gasteiger charge is 2.19. The molecule has 7 aromatic carbocycles. The number of rotatable bonds is 5. The van der Waals surface area contributed by atoms with Gasteiger partial charge in [0.25, 0.3) is 0 Å². The van der Waals surface area contributed by atoms with Gasteiger partial charge >= 0.3 is 0 Å². The number of benzene rings is 7. The van der Waals surface area contributed by atoms with E-state index in [1.165, 1.54) is 16.3 Å². The van der Waals surface area contributed by atoms with Crippen LogP contribution in [0.2, 0.25) is 0 Å². The van der Waals surface area contributed by atoms with Crippen molar-refractivity contribution in [3.63, 3.8) is 0 Å². The van der Waals surface area contributed by atoms with Crippen LogP contribution < -0.4 is 0 Å². The lowest BCUT2D eigenvalue weighted by atomic mass is 9.97. The summed E-state index contributed by atoms with van der Waals surface area (Å²) in [5.74, 6) is 1.84. The van der Waals surface area contributed by atoms with Gasteiger partial charge in [-0.05, 0) is 33.5 Å². The van der Waals surface area contributed by atoms with Crippen LogP contribution in [0.25, 0.3) is 89.1 Å². The molecule has 0 radical (unpaired) electrons. The van der Waals surface area contributed by atoms with Crippen molar-refractivity contribution in [1.29, 1.82) is 0 Å². The molecule has 0 N–H and O–H groups in total. The lowest BCUT2D eigenvalue weighted by Gasteiger charge is -2.10. The summed E-state index contributed by atoms with van der Waals surface area (Å²) < 4.78 is 6.54.